The largest absolute Gasteiger partial charge is 0.447 e. The summed E-state index contributed by atoms with van der Waals surface area (Å²) < 4.78 is 6.15. The molecule has 1 amide bonds. The SMILES string of the molecule is Cc1ccc(C)c(NC(=O)[C@H](OC(=O)C23C[C@@H]4C[C@@H](CC(Br)(C4)C2)C3)c2ccccc2)c1. The molecule has 0 radical (unpaired) electrons. The topological polar surface area (TPSA) is 55.4 Å². The van der Waals surface area contributed by atoms with Gasteiger partial charge >= 0.3 is 5.97 Å². The number of carbonyl (C=O) groups is 2. The zero-order valence-corrected chi connectivity index (χ0v) is 20.3. The molecular formula is C27H30BrNO3. The van der Waals surface area contributed by atoms with E-state index >= 15 is 0 Å². The van der Waals surface area contributed by atoms with Gasteiger partial charge in [0.25, 0.3) is 5.91 Å². The van der Waals surface area contributed by atoms with Crippen LogP contribution in [-0.2, 0) is 14.3 Å². The van der Waals surface area contributed by atoms with Crippen molar-refractivity contribution in [2.24, 2.45) is 17.3 Å². The summed E-state index contributed by atoms with van der Waals surface area (Å²) >= 11 is 3.97. The molecule has 0 saturated heterocycles. The maximum atomic E-state index is 13.7. The molecule has 5 atom stereocenters. The molecule has 6 rings (SSSR count). The Morgan fingerprint density at radius 3 is 2.38 bits per heavy atom. The molecule has 4 bridgehead atoms. The fraction of sp³-hybridized carbons (Fsp3) is 0.481. The summed E-state index contributed by atoms with van der Waals surface area (Å²) in [5, 5.41) is 3.01. The van der Waals surface area contributed by atoms with E-state index in [0.29, 0.717) is 17.4 Å². The number of rotatable bonds is 5. The van der Waals surface area contributed by atoms with E-state index in [0.717, 1.165) is 48.9 Å². The highest BCUT2D eigenvalue weighted by Crippen LogP contribution is 2.64. The monoisotopic (exact) mass is 495 g/mol. The van der Waals surface area contributed by atoms with E-state index in [2.05, 4.69) is 21.2 Å². The van der Waals surface area contributed by atoms with Crippen molar-refractivity contribution in [3.8, 4) is 0 Å². The summed E-state index contributed by atoms with van der Waals surface area (Å²) in [5.41, 5.74) is 3.02. The molecule has 168 valence electrons. The normalized spacial score (nSPS) is 31.2. The van der Waals surface area contributed by atoms with Gasteiger partial charge in [0.2, 0.25) is 6.10 Å². The van der Waals surface area contributed by atoms with Gasteiger partial charge in [0.05, 0.1) is 5.41 Å². The van der Waals surface area contributed by atoms with Crippen LogP contribution in [0.3, 0.4) is 0 Å². The van der Waals surface area contributed by atoms with Crippen molar-refractivity contribution in [2.45, 2.75) is 62.8 Å². The third-order valence-electron chi connectivity index (χ3n) is 7.64. The first-order chi connectivity index (χ1) is 15.3. The Kier molecular flexibility index (Phi) is 5.43. The Morgan fingerprint density at radius 2 is 1.72 bits per heavy atom. The zero-order chi connectivity index (χ0) is 22.5. The maximum Gasteiger partial charge on any atom is 0.313 e. The summed E-state index contributed by atoms with van der Waals surface area (Å²) in [7, 11) is 0. The first kappa shape index (κ1) is 21.7. The number of halogens is 1. The predicted molar refractivity (Wildman–Crippen MR) is 129 cm³/mol. The van der Waals surface area contributed by atoms with E-state index in [-0.39, 0.29) is 16.2 Å². The number of aryl methyl sites for hydroxylation is 2. The van der Waals surface area contributed by atoms with Gasteiger partial charge in [0.15, 0.2) is 0 Å². The van der Waals surface area contributed by atoms with Crippen LogP contribution in [0, 0.1) is 31.1 Å². The molecule has 4 fully saturated rings. The van der Waals surface area contributed by atoms with E-state index in [9.17, 15) is 9.59 Å². The number of alkyl halides is 1. The molecule has 0 aromatic heterocycles. The Bertz CT molecular complexity index is 1040. The standard InChI is InChI=1S/C27H30BrNO3/c1-17-8-9-18(2)22(10-17)29-24(30)23(21-6-4-3-5-7-21)32-25(31)26-12-19-11-20(13-26)15-27(28,14-19)16-26/h3-10,19-20,23H,11-16H2,1-2H3,(H,29,30)/t19-,20+,23-,26?,27?/m1/s1. The Balaban J connectivity index is 1.41. The number of hydrogen-bond acceptors (Lipinski definition) is 3. The van der Waals surface area contributed by atoms with Crippen LogP contribution in [0.15, 0.2) is 48.5 Å². The first-order valence-electron chi connectivity index (χ1n) is 11.6. The van der Waals surface area contributed by atoms with Crippen LogP contribution in [0.25, 0.3) is 0 Å². The van der Waals surface area contributed by atoms with Crippen LogP contribution in [0.1, 0.15) is 61.3 Å². The predicted octanol–water partition coefficient (Wildman–Crippen LogP) is 6.26. The van der Waals surface area contributed by atoms with Crippen LogP contribution < -0.4 is 5.32 Å². The Hall–Kier alpha value is -2.14. The van der Waals surface area contributed by atoms with E-state index in [1.165, 1.54) is 6.42 Å². The molecule has 0 aliphatic heterocycles. The molecule has 0 heterocycles. The molecule has 5 heteroatoms. The number of carbonyl (C=O) groups excluding carboxylic acids is 2. The second-order valence-electron chi connectivity index (χ2n) is 10.4. The molecule has 2 aromatic carbocycles. The third-order valence-corrected chi connectivity index (χ3v) is 8.57. The lowest BCUT2D eigenvalue weighted by atomic mass is 9.49. The van der Waals surface area contributed by atoms with Gasteiger partial charge in [-0.2, -0.15) is 0 Å². The maximum absolute atomic E-state index is 13.7. The number of hydrogen-bond donors (Lipinski definition) is 1. The van der Waals surface area contributed by atoms with E-state index in [1.54, 1.807) is 0 Å². The van der Waals surface area contributed by atoms with Gasteiger partial charge in [0, 0.05) is 15.6 Å². The fourth-order valence-corrected chi connectivity index (χ4v) is 8.04. The summed E-state index contributed by atoms with van der Waals surface area (Å²) in [6.07, 6.45) is 5.12. The van der Waals surface area contributed by atoms with E-state index in [4.69, 9.17) is 4.74 Å². The molecule has 2 unspecified atom stereocenters. The lowest BCUT2D eigenvalue weighted by molar-refractivity contribution is -0.177. The Morgan fingerprint density at radius 1 is 1.03 bits per heavy atom. The van der Waals surface area contributed by atoms with Gasteiger partial charge in [-0.3, -0.25) is 9.59 Å². The average Bonchev–Trinajstić information content (AvgIpc) is 2.73. The lowest BCUT2D eigenvalue weighted by Gasteiger charge is -2.58. The lowest BCUT2D eigenvalue weighted by Crippen LogP contribution is -2.56. The van der Waals surface area contributed by atoms with Gasteiger partial charge in [-0.15, -0.1) is 0 Å². The highest BCUT2D eigenvalue weighted by molar-refractivity contribution is 9.10. The highest BCUT2D eigenvalue weighted by Gasteiger charge is 2.61. The number of benzene rings is 2. The molecule has 4 aliphatic carbocycles. The van der Waals surface area contributed by atoms with Crippen molar-refractivity contribution in [1.29, 1.82) is 0 Å². The molecule has 4 aliphatic rings. The number of amides is 1. The number of ether oxygens (including phenoxy) is 1. The molecule has 4 nitrogen and oxygen atoms in total. The van der Waals surface area contributed by atoms with Crippen LogP contribution >= 0.6 is 15.9 Å². The van der Waals surface area contributed by atoms with Crippen molar-refractivity contribution in [1.82, 2.24) is 0 Å². The summed E-state index contributed by atoms with van der Waals surface area (Å²) in [5.74, 6) is 0.626. The minimum Gasteiger partial charge on any atom is -0.447 e. The fourth-order valence-electron chi connectivity index (χ4n) is 6.59. The van der Waals surface area contributed by atoms with Crippen molar-refractivity contribution < 1.29 is 14.3 Å². The van der Waals surface area contributed by atoms with Gasteiger partial charge in [-0.1, -0.05) is 58.4 Å². The molecule has 4 saturated carbocycles. The third kappa shape index (κ3) is 4.00. The molecule has 2 aromatic rings. The van der Waals surface area contributed by atoms with Crippen LogP contribution in [0.2, 0.25) is 0 Å². The van der Waals surface area contributed by atoms with Gasteiger partial charge in [0.1, 0.15) is 0 Å². The van der Waals surface area contributed by atoms with E-state index < -0.39 is 11.5 Å². The van der Waals surface area contributed by atoms with Gasteiger partial charge in [-0.05, 0) is 81.4 Å². The molecule has 1 N–H and O–H groups in total. The molecule has 32 heavy (non-hydrogen) atoms. The van der Waals surface area contributed by atoms with Crippen molar-refractivity contribution in [2.75, 3.05) is 5.32 Å². The Labute approximate surface area is 198 Å². The second kappa shape index (κ2) is 8.02. The van der Waals surface area contributed by atoms with Crippen LogP contribution in [-0.4, -0.2) is 16.2 Å². The van der Waals surface area contributed by atoms with Crippen LogP contribution in [0.4, 0.5) is 5.69 Å². The smallest absolute Gasteiger partial charge is 0.313 e. The quantitative estimate of drug-likeness (QED) is 0.393. The zero-order valence-electron chi connectivity index (χ0n) is 18.7. The van der Waals surface area contributed by atoms with Crippen LogP contribution in [0.5, 0.6) is 0 Å². The summed E-state index contributed by atoms with van der Waals surface area (Å²) in [6.45, 7) is 3.95. The number of anilines is 1. The van der Waals surface area contributed by atoms with Gasteiger partial charge < -0.3 is 10.1 Å². The number of nitrogens with one attached hydrogen (secondary N) is 1. The van der Waals surface area contributed by atoms with Gasteiger partial charge in [-0.25, -0.2) is 0 Å². The summed E-state index contributed by atoms with van der Waals surface area (Å²) in [6, 6.07) is 15.3. The minimum atomic E-state index is -0.970. The van der Waals surface area contributed by atoms with Crippen molar-refractivity contribution >= 4 is 33.5 Å². The average molecular weight is 496 g/mol. The molecule has 0 spiro atoms. The molecular weight excluding hydrogens is 466 g/mol. The summed E-state index contributed by atoms with van der Waals surface area (Å²) in [4.78, 5) is 27.1. The first-order valence-corrected chi connectivity index (χ1v) is 12.4. The van der Waals surface area contributed by atoms with Crippen molar-refractivity contribution in [3.63, 3.8) is 0 Å². The minimum absolute atomic E-state index is 0.0548. The number of esters is 1. The van der Waals surface area contributed by atoms with E-state index in [1.807, 2.05) is 62.4 Å². The van der Waals surface area contributed by atoms with Crippen molar-refractivity contribution in [3.05, 3.63) is 65.2 Å². The highest BCUT2D eigenvalue weighted by atomic mass is 79.9. The second-order valence-corrected chi connectivity index (χ2v) is 12.1.